The van der Waals surface area contributed by atoms with E-state index < -0.39 is 15.6 Å². The number of para-hydroxylation sites is 1. The number of nitrogens with one attached hydrogen (secondary N) is 1. The summed E-state index contributed by atoms with van der Waals surface area (Å²) in [6.07, 6.45) is 1.77. The first-order valence-electron chi connectivity index (χ1n) is 8.99. The highest BCUT2D eigenvalue weighted by molar-refractivity contribution is 7.89. The lowest BCUT2D eigenvalue weighted by molar-refractivity contribution is 0.119. The van der Waals surface area contributed by atoms with Gasteiger partial charge in [-0.25, -0.2) is 17.7 Å². The Bertz CT molecular complexity index is 1270. The van der Waals surface area contributed by atoms with Gasteiger partial charge < -0.3 is 15.2 Å². The van der Waals surface area contributed by atoms with Crippen molar-refractivity contribution in [3.05, 3.63) is 66.2 Å². The van der Waals surface area contributed by atoms with Gasteiger partial charge in [0.05, 0.1) is 21.9 Å². The molecule has 0 spiro atoms. The normalized spacial score (nSPS) is 18.8. The molecule has 1 aliphatic heterocycles. The van der Waals surface area contributed by atoms with Gasteiger partial charge in [-0.2, -0.15) is 0 Å². The molecule has 0 saturated carbocycles. The molecule has 0 saturated heterocycles. The molecule has 8 heteroatoms. The highest BCUT2D eigenvalue weighted by atomic mass is 32.2. The van der Waals surface area contributed by atoms with E-state index in [2.05, 4.69) is 16.6 Å². The van der Waals surface area contributed by atoms with Gasteiger partial charge >= 0.3 is 0 Å². The lowest BCUT2D eigenvalue weighted by Gasteiger charge is -2.25. The molecule has 1 unspecified atom stereocenters. The first-order chi connectivity index (χ1) is 13.7. The Morgan fingerprint density at radius 1 is 1.24 bits per heavy atom. The van der Waals surface area contributed by atoms with Crippen LogP contribution in [0.4, 0.5) is 5.69 Å². The van der Waals surface area contributed by atoms with Crippen LogP contribution in [0.15, 0.2) is 65.0 Å². The molecule has 0 radical (unpaired) electrons. The smallest absolute Gasteiger partial charge is 0.242 e. The van der Waals surface area contributed by atoms with Crippen molar-refractivity contribution in [3.8, 4) is 5.88 Å². The predicted molar refractivity (Wildman–Crippen MR) is 112 cm³/mol. The van der Waals surface area contributed by atoms with Gasteiger partial charge in [-0.05, 0) is 24.3 Å². The number of sulfonamides is 1. The van der Waals surface area contributed by atoms with Crippen LogP contribution in [0.5, 0.6) is 5.88 Å². The molecule has 3 aromatic rings. The number of nitrogens with zero attached hydrogens (tertiary/aromatic N) is 2. The van der Waals surface area contributed by atoms with Crippen molar-refractivity contribution in [2.24, 2.45) is 4.99 Å². The molecule has 150 valence electrons. The third-order valence-electron chi connectivity index (χ3n) is 5.18. The topological polar surface area (TPSA) is 106 Å². The second kappa shape index (κ2) is 6.55. The molecule has 2 aromatic carbocycles. The minimum Gasteiger partial charge on any atom is -0.494 e. The molecule has 0 amide bonds. The highest BCUT2D eigenvalue weighted by Gasteiger charge is 2.43. The number of aromatic nitrogens is 1. The summed E-state index contributed by atoms with van der Waals surface area (Å²) in [6, 6.07) is 11.7. The average Bonchev–Trinajstić information content (AvgIpc) is 3.15. The summed E-state index contributed by atoms with van der Waals surface area (Å²) in [6.45, 7) is 3.74. The maximum Gasteiger partial charge on any atom is 0.242 e. The third kappa shape index (κ3) is 2.79. The zero-order valence-electron chi connectivity index (χ0n) is 16.0. The van der Waals surface area contributed by atoms with Gasteiger partial charge in [-0.3, -0.25) is 0 Å². The SMILES string of the molecule is C=CCC1(O)C(c2c(O)[nH]c3ccc(S(=O)(=O)N(C)C)cc23)=Nc2ccccc21. The summed E-state index contributed by atoms with van der Waals surface area (Å²) in [5.74, 6) is -0.187. The summed E-state index contributed by atoms with van der Waals surface area (Å²) >= 11 is 0. The van der Waals surface area contributed by atoms with Gasteiger partial charge in [0.15, 0.2) is 5.88 Å². The molecule has 0 bridgehead atoms. The van der Waals surface area contributed by atoms with Crippen molar-refractivity contribution in [1.82, 2.24) is 9.29 Å². The lowest BCUT2D eigenvalue weighted by Crippen LogP contribution is -2.33. The van der Waals surface area contributed by atoms with E-state index in [1.54, 1.807) is 24.3 Å². The quantitative estimate of drug-likeness (QED) is 0.561. The second-order valence-electron chi connectivity index (χ2n) is 7.17. The fourth-order valence-corrected chi connectivity index (χ4v) is 4.64. The van der Waals surface area contributed by atoms with Gasteiger partial charge in [0.25, 0.3) is 0 Å². The number of aliphatic hydroxyl groups is 1. The van der Waals surface area contributed by atoms with Crippen molar-refractivity contribution < 1.29 is 18.6 Å². The zero-order chi connectivity index (χ0) is 21.0. The van der Waals surface area contributed by atoms with E-state index in [-0.39, 0.29) is 28.5 Å². The van der Waals surface area contributed by atoms with E-state index >= 15 is 0 Å². The Morgan fingerprint density at radius 3 is 2.66 bits per heavy atom. The van der Waals surface area contributed by atoms with Gasteiger partial charge in [-0.15, -0.1) is 6.58 Å². The Kier molecular flexibility index (Phi) is 4.38. The van der Waals surface area contributed by atoms with Crippen LogP contribution in [0.1, 0.15) is 17.5 Å². The van der Waals surface area contributed by atoms with Crippen molar-refractivity contribution in [1.29, 1.82) is 0 Å². The molecular formula is C21H21N3O4S. The van der Waals surface area contributed by atoms with Crippen LogP contribution >= 0.6 is 0 Å². The van der Waals surface area contributed by atoms with Crippen LogP contribution in [0, 0.1) is 0 Å². The summed E-state index contributed by atoms with van der Waals surface area (Å²) in [4.78, 5) is 7.51. The number of benzene rings is 2. The first kappa shape index (κ1) is 19.4. The largest absolute Gasteiger partial charge is 0.494 e. The van der Waals surface area contributed by atoms with Crippen LogP contribution < -0.4 is 0 Å². The molecule has 0 aliphatic carbocycles. The zero-order valence-corrected chi connectivity index (χ0v) is 16.9. The number of hydrogen-bond acceptors (Lipinski definition) is 5. The standard InChI is InChI=1S/C21H21N3O4S/c1-4-11-21(26)15-7-5-6-8-17(15)22-19(21)18-14-12-13(29(27,28)24(2)3)9-10-16(14)23-20(18)25/h4-10,12,23,25-26H,1,11H2,2-3H3. The maximum absolute atomic E-state index is 12.6. The highest BCUT2D eigenvalue weighted by Crippen LogP contribution is 2.46. The van der Waals surface area contributed by atoms with Gasteiger partial charge in [0.1, 0.15) is 5.60 Å². The molecule has 7 nitrogen and oxygen atoms in total. The van der Waals surface area contributed by atoms with Crippen LogP contribution in [0.3, 0.4) is 0 Å². The number of aromatic amines is 1. The first-order valence-corrected chi connectivity index (χ1v) is 10.4. The van der Waals surface area contributed by atoms with Crippen molar-refractivity contribution in [2.45, 2.75) is 16.9 Å². The molecule has 3 N–H and O–H groups in total. The van der Waals surface area contributed by atoms with E-state index in [1.807, 2.05) is 12.1 Å². The van der Waals surface area contributed by atoms with Crippen molar-refractivity contribution in [3.63, 3.8) is 0 Å². The summed E-state index contributed by atoms with van der Waals surface area (Å²) in [5, 5.41) is 22.6. The van der Waals surface area contributed by atoms with E-state index in [0.29, 0.717) is 22.2 Å². The summed E-state index contributed by atoms with van der Waals surface area (Å²) in [7, 11) is -0.765. The van der Waals surface area contributed by atoms with Gasteiger partial charge in [-0.1, -0.05) is 24.3 Å². The van der Waals surface area contributed by atoms with Crippen LogP contribution in [0.2, 0.25) is 0 Å². The third-order valence-corrected chi connectivity index (χ3v) is 6.99. The average molecular weight is 411 g/mol. The fraction of sp³-hybridized carbons (Fsp3) is 0.190. The minimum atomic E-state index is -3.67. The Morgan fingerprint density at radius 2 is 1.97 bits per heavy atom. The van der Waals surface area contributed by atoms with E-state index in [1.165, 1.54) is 26.2 Å². The molecular weight excluding hydrogens is 390 g/mol. The molecule has 1 atom stereocenters. The monoisotopic (exact) mass is 411 g/mol. The summed E-state index contributed by atoms with van der Waals surface area (Å²) in [5.41, 5.74) is 0.785. The van der Waals surface area contributed by atoms with Gasteiger partial charge in [0.2, 0.25) is 10.0 Å². The van der Waals surface area contributed by atoms with E-state index in [4.69, 9.17) is 0 Å². The van der Waals surface area contributed by atoms with E-state index in [0.717, 1.165) is 4.31 Å². The minimum absolute atomic E-state index is 0.0821. The number of aromatic hydroxyl groups is 1. The van der Waals surface area contributed by atoms with Crippen molar-refractivity contribution >= 4 is 32.3 Å². The Hall–Kier alpha value is -2.94. The van der Waals surface area contributed by atoms with Crippen LogP contribution in [0.25, 0.3) is 10.9 Å². The van der Waals surface area contributed by atoms with Crippen LogP contribution in [-0.2, 0) is 15.6 Å². The molecule has 0 fully saturated rings. The Labute approximate surface area is 168 Å². The molecule has 29 heavy (non-hydrogen) atoms. The van der Waals surface area contributed by atoms with E-state index in [9.17, 15) is 18.6 Å². The maximum atomic E-state index is 12.6. The number of hydrogen-bond donors (Lipinski definition) is 3. The molecule has 4 rings (SSSR count). The number of fused-ring (bicyclic) bond motifs is 2. The second-order valence-corrected chi connectivity index (χ2v) is 9.33. The molecule has 2 heterocycles. The van der Waals surface area contributed by atoms with Crippen molar-refractivity contribution in [2.75, 3.05) is 14.1 Å². The predicted octanol–water partition coefficient (Wildman–Crippen LogP) is 3.02. The Balaban J connectivity index is 1.99. The molecule has 1 aliphatic rings. The number of rotatable bonds is 5. The number of aliphatic imine (C=N–C) groups is 1. The fourth-order valence-electron chi connectivity index (χ4n) is 3.71. The summed E-state index contributed by atoms with van der Waals surface area (Å²) < 4.78 is 26.3. The van der Waals surface area contributed by atoms with Gasteiger partial charge in [0, 0.05) is 37.0 Å². The molecule has 1 aromatic heterocycles. The lowest BCUT2D eigenvalue weighted by atomic mass is 9.84. The number of H-pyrrole nitrogens is 1. The van der Waals surface area contributed by atoms with Crippen LogP contribution in [-0.4, -0.2) is 47.7 Å².